The molecule has 5 nitrogen and oxygen atoms in total. The van der Waals surface area contributed by atoms with Crippen molar-refractivity contribution in [2.75, 3.05) is 0 Å². The normalized spacial score (nSPS) is 10.7. The molecule has 2 heterocycles. The molecule has 23 heavy (non-hydrogen) atoms. The molecule has 116 valence electrons. The van der Waals surface area contributed by atoms with Gasteiger partial charge < -0.3 is 5.32 Å². The van der Waals surface area contributed by atoms with E-state index < -0.39 is 0 Å². The zero-order valence-electron chi connectivity index (χ0n) is 12.3. The van der Waals surface area contributed by atoms with E-state index in [0.717, 1.165) is 11.1 Å². The van der Waals surface area contributed by atoms with E-state index in [-0.39, 0.29) is 24.0 Å². The molecule has 3 rings (SSSR count). The lowest BCUT2D eigenvalue weighted by Crippen LogP contribution is -2.25. The summed E-state index contributed by atoms with van der Waals surface area (Å²) in [6.07, 6.45) is 1.62. The second-order valence-corrected chi connectivity index (χ2v) is 5.39. The summed E-state index contributed by atoms with van der Waals surface area (Å²) in [5, 5.41) is 6.96. The van der Waals surface area contributed by atoms with Crippen LogP contribution in [0.3, 0.4) is 0 Å². The van der Waals surface area contributed by atoms with Crippen LogP contribution in [0.2, 0.25) is 0 Å². The van der Waals surface area contributed by atoms with Crippen LogP contribution in [0.25, 0.3) is 11.0 Å². The topological polar surface area (TPSA) is 59.8 Å². The summed E-state index contributed by atoms with van der Waals surface area (Å²) in [6, 6.07) is 9.54. The van der Waals surface area contributed by atoms with Crippen molar-refractivity contribution in [1.82, 2.24) is 20.1 Å². The maximum absolute atomic E-state index is 12.9. The predicted octanol–water partition coefficient (Wildman–Crippen LogP) is 2.77. The zero-order valence-corrected chi connectivity index (χ0v) is 13.1. The summed E-state index contributed by atoms with van der Waals surface area (Å²) >= 11 is 5.33. The molecular weight excluding hydrogens is 315 g/mol. The first-order chi connectivity index (χ1) is 11.1. The van der Waals surface area contributed by atoms with E-state index in [2.05, 4.69) is 15.4 Å². The monoisotopic (exact) mass is 328 g/mol. The highest BCUT2D eigenvalue weighted by Crippen LogP contribution is 2.13. The van der Waals surface area contributed by atoms with Gasteiger partial charge in [-0.25, -0.2) is 4.39 Å². The van der Waals surface area contributed by atoms with Gasteiger partial charge >= 0.3 is 0 Å². The predicted molar refractivity (Wildman–Crippen MR) is 86.9 cm³/mol. The summed E-state index contributed by atoms with van der Waals surface area (Å²) in [5.74, 6) is -0.704. The third-order valence-corrected chi connectivity index (χ3v) is 3.78. The molecule has 0 aliphatic rings. The lowest BCUT2D eigenvalue weighted by Gasteiger charge is -2.09. The van der Waals surface area contributed by atoms with E-state index in [1.165, 1.54) is 12.1 Å². The highest BCUT2D eigenvalue weighted by atomic mass is 32.1. The number of carbonyl (C=O) groups excluding carboxylic acids is 1. The number of aromatic nitrogens is 3. The van der Waals surface area contributed by atoms with Gasteiger partial charge in [-0.2, -0.15) is 5.10 Å². The average molecular weight is 328 g/mol. The van der Waals surface area contributed by atoms with Crippen LogP contribution in [0, 0.1) is 10.3 Å². The van der Waals surface area contributed by atoms with Gasteiger partial charge in [-0.1, -0.05) is 24.4 Å². The number of nitrogens with one attached hydrogen (secondary N) is 1. The third kappa shape index (κ3) is 3.09. The fourth-order valence-electron chi connectivity index (χ4n) is 2.21. The molecule has 7 heteroatoms. The van der Waals surface area contributed by atoms with Crippen LogP contribution in [0.5, 0.6) is 0 Å². The van der Waals surface area contributed by atoms with Gasteiger partial charge in [0.2, 0.25) is 0 Å². The minimum Gasteiger partial charge on any atom is -0.347 e. The van der Waals surface area contributed by atoms with Crippen LogP contribution in [0.15, 0.2) is 42.6 Å². The van der Waals surface area contributed by atoms with Gasteiger partial charge in [0.15, 0.2) is 5.69 Å². The van der Waals surface area contributed by atoms with Gasteiger partial charge in [0, 0.05) is 19.8 Å². The minimum absolute atomic E-state index is 0.149. The molecule has 0 spiro atoms. The average Bonchev–Trinajstić information content (AvgIpc) is 2.57. The fourth-order valence-corrected chi connectivity index (χ4v) is 2.50. The summed E-state index contributed by atoms with van der Waals surface area (Å²) in [4.78, 5) is 16.6. The van der Waals surface area contributed by atoms with Gasteiger partial charge in [-0.05, 0) is 29.8 Å². The summed E-state index contributed by atoms with van der Waals surface area (Å²) in [7, 11) is 1.73. The van der Waals surface area contributed by atoms with Crippen molar-refractivity contribution < 1.29 is 9.18 Å². The number of amides is 1. The molecule has 1 amide bonds. The molecule has 3 aromatic rings. The summed E-state index contributed by atoms with van der Waals surface area (Å²) in [5.41, 5.74) is 2.25. The standard InChI is InChI=1S/C16H13FN4OS/c1-21-12-3-2-8-18-13(12)15(23)14(20-21)16(22)19-9-10-4-6-11(17)7-5-10/h2-8H,9H2,1H3,(H,19,22). The number of hydrogen-bond acceptors (Lipinski definition) is 4. The molecule has 0 unspecified atom stereocenters. The molecule has 1 aromatic carbocycles. The van der Waals surface area contributed by atoms with Crippen LogP contribution < -0.4 is 5.32 Å². The molecule has 0 saturated heterocycles. The smallest absolute Gasteiger partial charge is 0.273 e. The Kier molecular flexibility index (Phi) is 4.12. The van der Waals surface area contributed by atoms with Gasteiger partial charge in [-0.3, -0.25) is 14.5 Å². The Morgan fingerprint density at radius 1 is 1.30 bits per heavy atom. The zero-order chi connectivity index (χ0) is 16.4. The number of aryl methyl sites for hydroxylation is 1. The number of nitrogens with zero attached hydrogens (tertiary/aromatic N) is 3. The maximum Gasteiger partial charge on any atom is 0.273 e. The molecule has 0 fully saturated rings. The quantitative estimate of drug-likeness (QED) is 0.751. The molecule has 0 bridgehead atoms. The number of halogens is 1. The van der Waals surface area contributed by atoms with E-state index in [9.17, 15) is 9.18 Å². The second-order valence-electron chi connectivity index (χ2n) is 4.98. The van der Waals surface area contributed by atoms with E-state index in [4.69, 9.17) is 12.2 Å². The number of fused-ring (bicyclic) bond motifs is 1. The molecule has 1 N–H and O–H groups in total. The number of benzene rings is 1. The Hall–Kier alpha value is -2.67. The van der Waals surface area contributed by atoms with Crippen LogP contribution in [0.4, 0.5) is 4.39 Å². The second kappa shape index (κ2) is 6.21. The fraction of sp³-hybridized carbons (Fsp3) is 0.125. The highest BCUT2D eigenvalue weighted by Gasteiger charge is 2.14. The molecule has 0 saturated carbocycles. The highest BCUT2D eigenvalue weighted by molar-refractivity contribution is 7.71. The Balaban J connectivity index is 1.88. The number of rotatable bonds is 3. The van der Waals surface area contributed by atoms with E-state index in [0.29, 0.717) is 10.0 Å². The molecule has 0 radical (unpaired) electrons. The summed E-state index contributed by atoms with van der Waals surface area (Å²) in [6.45, 7) is 0.263. The van der Waals surface area contributed by atoms with Crippen molar-refractivity contribution in [1.29, 1.82) is 0 Å². The minimum atomic E-state index is -0.387. The lowest BCUT2D eigenvalue weighted by atomic mass is 10.2. The first kappa shape index (κ1) is 15.2. The van der Waals surface area contributed by atoms with Gasteiger partial charge in [-0.15, -0.1) is 0 Å². The van der Waals surface area contributed by atoms with Crippen molar-refractivity contribution >= 4 is 29.2 Å². The Bertz CT molecular complexity index is 937. The number of hydrogen-bond donors (Lipinski definition) is 1. The van der Waals surface area contributed by atoms with Crippen molar-refractivity contribution in [3.63, 3.8) is 0 Å². The van der Waals surface area contributed by atoms with Gasteiger partial charge in [0.1, 0.15) is 11.3 Å². The van der Waals surface area contributed by atoms with E-state index >= 15 is 0 Å². The molecule has 0 aliphatic heterocycles. The van der Waals surface area contributed by atoms with Crippen LogP contribution in [-0.4, -0.2) is 20.7 Å². The first-order valence-electron chi connectivity index (χ1n) is 6.91. The number of carbonyl (C=O) groups is 1. The van der Waals surface area contributed by atoms with E-state index in [1.807, 2.05) is 6.07 Å². The van der Waals surface area contributed by atoms with E-state index in [1.54, 1.807) is 36.1 Å². The van der Waals surface area contributed by atoms with Crippen LogP contribution in [0.1, 0.15) is 16.1 Å². The molecular formula is C16H13FN4OS. The van der Waals surface area contributed by atoms with Crippen molar-refractivity contribution in [3.05, 3.63) is 64.2 Å². The Morgan fingerprint density at radius 2 is 2.04 bits per heavy atom. The Morgan fingerprint density at radius 3 is 2.78 bits per heavy atom. The SMILES string of the molecule is Cn1nc(C(=O)NCc2ccc(F)cc2)c(=S)c2ncccc21. The lowest BCUT2D eigenvalue weighted by molar-refractivity contribution is 0.0943. The van der Waals surface area contributed by atoms with Crippen molar-refractivity contribution in [3.8, 4) is 0 Å². The first-order valence-corrected chi connectivity index (χ1v) is 7.32. The maximum atomic E-state index is 12.9. The largest absolute Gasteiger partial charge is 0.347 e. The van der Waals surface area contributed by atoms with Gasteiger partial charge in [0.25, 0.3) is 5.91 Å². The Labute approximate surface area is 136 Å². The van der Waals surface area contributed by atoms with Crippen LogP contribution >= 0.6 is 12.2 Å². The van der Waals surface area contributed by atoms with Crippen molar-refractivity contribution in [2.24, 2.45) is 7.05 Å². The summed E-state index contributed by atoms with van der Waals surface area (Å²) < 4.78 is 14.8. The molecule has 0 atom stereocenters. The molecule has 2 aromatic heterocycles. The third-order valence-electron chi connectivity index (χ3n) is 3.40. The van der Waals surface area contributed by atoms with Crippen LogP contribution in [-0.2, 0) is 13.6 Å². The molecule has 0 aliphatic carbocycles. The van der Waals surface area contributed by atoms with Crippen molar-refractivity contribution in [2.45, 2.75) is 6.54 Å². The van der Waals surface area contributed by atoms with Gasteiger partial charge in [0.05, 0.1) is 10.0 Å². The number of pyridine rings is 1.